The average molecular weight is 371 g/mol. The van der Waals surface area contributed by atoms with Crippen LogP contribution in [-0.2, 0) is 0 Å². The number of methoxy groups -OCH3 is 3. The number of aromatic nitrogens is 2. The zero-order chi connectivity index (χ0) is 20.0. The van der Waals surface area contributed by atoms with Crippen molar-refractivity contribution in [2.24, 2.45) is 0 Å². The fourth-order valence-corrected chi connectivity index (χ4v) is 2.57. The summed E-state index contributed by atoms with van der Waals surface area (Å²) in [7, 11) is 4.51. The molecule has 0 fully saturated rings. The number of ether oxygens (including phenoxy) is 3. The molecule has 7 nitrogen and oxygen atoms in total. The minimum atomic E-state index is -0.338. The van der Waals surface area contributed by atoms with Gasteiger partial charge in [0.1, 0.15) is 0 Å². The number of hydrogen-bond acceptors (Lipinski definition) is 5. The van der Waals surface area contributed by atoms with E-state index < -0.39 is 0 Å². The van der Waals surface area contributed by atoms with Gasteiger partial charge in [-0.05, 0) is 36.8 Å². The second-order valence-corrected chi connectivity index (χ2v) is 5.47. The number of H-pyrrole nitrogens is 1. The van der Waals surface area contributed by atoms with E-state index in [-0.39, 0.29) is 5.91 Å². The van der Waals surface area contributed by atoms with Crippen molar-refractivity contribution in [3.63, 3.8) is 0 Å². The molecule has 0 aliphatic carbocycles. The lowest BCUT2D eigenvalue weighted by atomic mass is 10.1. The number of nitrogens with one attached hydrogen (secondary N) is 2. The summed E-state index contributed by atoms with van der Waals surface area (Å²) in [5.74, 6) is 1.29. The maximum absolute atomic E-state index is 12.6. The number of hydrogen-bond donors (Lipinski definition) is 2. The highest BCUT2D eigenvalue weighted by molar-refractivity contribution is 6.04. The van der Waals surface area contributed by atoms with Crippen molar-refractivity contribution in [1.82, 2.24) is 9.97 Å². The Morgan fingerprint density at radius 2 is 1.63 bits per heavy atom. The number of fused-ring (bicyclic) bond motifs is 1. The Morgan fingerprint density at radius 3 is 2.19 bits per heavy atom. The second-order valence-electron chi connectivity index (χ2n) is 5.47. The molecule has 0 spiro atoms. The Kier molecular flexibility index (Phi) is 6.65. The molecule has 2 aromatic carbocycles. The predicted molar refractivity (Wildman–Crippen MR) is 106 cm³/mol. The van der Waals surface area contributed by atoms with Crippen LogP contribution in [-0.4, -0.2) is 37.2 Å². The summed E-state index contributed by atoms with van der Waals surface area (Å²) in [6.07, 6.45) is 0. The third-order valence-electron chi connectivity index (χ3n) is 3.80. The van der Waals surface area contributed by atoms with Crippen molar-refractivity contribution in [3.8, 4) is 17.2 Å². The summed E-state index contributed by atoms with van der Waals surface area (Å²) in [6.45, 7) is 5.99. The number of nitrogens with zero attached hydrogens (tertiary/aromatic N) is 1. The fourth-order valence-electron chi connectivity index (χ4n) is 2.57. The van der Waals surface area contributed by atoms with Gasteiger partial charge >= 0.3 is 0 Å². The molecular weight excluding hydrogens is 346 g/mol. The van der Waals surface area contributed by atoms with Gasteiger partial charge in [-0.1, -0.05) is 19.9 Å². The van der Waals surface area contributed by atoms with E-state index in [1.54, 1.807) is 12.1 Å². The van der Waals surface area contributed by atoms with Crippen molar-refractivity contribution in [2.45, 2.75) is 20.8 Å². The topological polar surface area (TPSA) is 85.5 Å². The highest BCUT2D eigenvalue weighted by Crippen LogP contribution is 2.38. The first-order chi connectivity index (χ1) is 13.0. The maximum atomic E-state index is 12.6. The molecule has 0 bridgehead atoms. The summed E-state index contributed by atoms with van der Waals surface area (Å²) < 4.78 is 15.8. The highest BCUT2D eigenvalue weighted by atomic mass is 16.5. The Balaban J connectivity index is 0.00000126. The third kappa shape index (κ3) is 4.31. The number of carbonyl (C=O) groups is 1. The van der Waals surface area contributed by atoms with Crippen LogP contribution in [0.2, 0.25) is 0 Å². The van der Waals surface area contributed by atoms with Gasteiger partial charge in [0, 0.05) is 5.56 Å². The largest absolute Gasteiger partial charge is 0.493 e. The van der Waals surface area contributed by atoms with Gasteiger partial charge in [0.05, 0.1) is 32.4 Å². The Labute approximate surface area is 158 Å². The van der Waals surface area contributed by atoms with Crippen LogP contribution in [0.4, 0.5) is 5.95 Å². The molecule has 3 aromatic rings. The molecule has 1 aromatic heterocycles. The number of benzene rings is 2. The number of anilines is 1. The van der Waals surface area contributed by atoms with Crippen molar-refractivity contribution in [3.05, 3.63) is 41.5 Å². The molecule has 1 heterocycles. The third-order valence-corrected chi connectivity index (χ3v) is 3.80. The predicted octanol–water partition coefficient (Wildman–Crippen LogP) is 4.18. The van der Waals surface area contributed by atoms with E-state index >= 15 is 0 Å². The van der Waals surface area contributed by atoms with Crippen LogP contribution >= 0.6 is 0 Å². The fraction of sp³-hybridized carbons (Fsp3) is 0.300. The molecule has 0 atom stereocenters. The van der Waals surface area contributed by atoms with E-state index in [2.05, 4.69) is 15.3 Å². The Hall–Kier alpha value is -3.22. The van der Waals surface area contributed by atoms with Crippen molar-refractivity contribution in [2.75, 3.05) is 26.6 Å². The van der Waals surface area contributed by atoms with Gasteiger partial charge in [-0.15, -0.1) is 0 Å². The number of aryl methyl sites for hydroxylation is 1. The lowest BCUT2D eigenvalue weighted by Gasteiger charge is -2.13. The van der Waals surface area contributed by atoms with Gasteiger partial charge in [0.2, 0.25) is 11.7 Å². The summed E-state index contributed by atoms with van der Waals surface area (Å²) in [4.78, 5) is 20.0. The molecule has 2 N–H and O–H groups in total. The monoisotopic (exact) mass is 371 g/mol. The number of amides is 1. The van der Waals surface area contributed by atoms with Gasteiger partial charge in [-0.2, -0.15) is 0 Å². The minimum absolute atomic E-state index is 0.338. The lowest BCUT2D eigenvalue weighted by Crippen LogP contribution is -2.13. The molecule has 0 aliphatic heterocycles. The van der Waals surface area contributed by atoms with Crippen LogP contribution in [0.25, 0.3) is 11.0 Å². The summed E-state index contributed by atoms with van der Waals surface area (Å²) in [5.41, 5.74) is 3.12. The zero-order valence-corrected chi connectivity index (χ0v) is 16.5. The van der Waals surface area contributed by atoms with Crippen LogP contribution in [0, 0.1) is 6.92 Å². The van der Waals surface area contributed by atoms with Crippen molar-refractivity contribution < 1.29 is 19.0 Å². The molecule has 0 saturated heterocycles. The van der Waals surface area contributed by atoms with Crippen LogP contribution in [0.3, 0.4) is 0 Å². The van der Waals surface area contributed by atoms with E-state index in [1.165, 1.54) is 21.3 Å². The molecule has 0 aliphatic rings. The molecule has 0 radical (unpaired) electrons. The molecule has 3 rings (SSSR count). The first-order valence-electron chi connectivity index (χ1n) is 8.63. The van der Waals surface area contributed by atoms with E-state index in [9.17, 15) is 4.79 Å². The maximum Gasteiger partial charge on any atom is 0.258 e. The van der Waals surface area contributed by atoms with Gasteiger partial charge in [0.25, 0.3) is 5.91 Å². The summed E-state index contributed by atoms with van der Waals surface area (Å²) in [5, 5.41) is 2.75. The first-order valence-corrected chi connectivity index (χ1v) is 8.63. The number of imidazole rings is 1. The van der Waals surface area contributed by atoms with E-state index in [4.69, 9.17) is 14.2 Å². The normalized spacial score (nSPS) is 10.0. The molecule has 0 unspecified atom stereocenters. The van der Waals surface area contributed by atoms with Gasteiger partial charge < -0.3 is 19.2 Å². The number of carbonyl (C=O) groups excluding carboxylic acids is 1. The van der Waals surface area contributed by atoms with Crippen LogP contribution in [0.5, 0.6) is 17.2 Å². The SMILES string of the molecule is CC.COc1cc(C(=O)Nc2nc3ccc(C)cc3[nH]2)cc(OC)c1OC. The smallest absolute Gasteiger partial charge is 0.258 e. The van der Waals surface area contributed by atoms with Gasteiger partial charge in [-0.25, -0.2) is 4.98 Å². The van der Waals surface area contributed by atoms with Crippen LogP contribution in [0.15, 0.2) is 30.3 Å². The van der Waals surface area contributed by atoms with E-state index in [0.29, 0.717) is 28.8 Å². The average Bonchev–Trinajstić information content (AvgIpc) is 3.09. The van der Waals surface area contributed by atoms with Crippen molar-refractivity contribution in [1.29, 1.82) is 0 Å². The number of rotatable bonds is 5. The molecule has 27 heavy (non-hydrogen) atoms. The van der Waals surface area contributed by atoms with Crippen molar-refractivity contribution >= 4 is 22.9 Å². The molecule has 1 amide bonds. The van der Waals surface area contributed by atoms with E-state index in [0.717, 1.165) is 16.6 Å². The zero-order valence-electron chi connectivity index (χ0n) is 16.5. The Bertz CT molecular complexity index is 909. The lowest BCUT2D eigenvalue weighted by molar-refractivity contribution is 0.102. The number of aromatic amines is 1. The molecular formula is C20H25N3O4. The van der Waals surface area contributed by atoms with Gasteiger partial charge in [0.15, 0.2) is 11.5 Å². The first kappa shape index (κ1) is 20.1. The molecule has 144 valence electrons. The molecule has 0 saturated carbocycles. The highest BCUT2D eigenvalue weighted by Gasteiger charge is 2.18. The molecule has 7 heteroatoms. The van der Waals surface area contributed by atoms with E-state index in [1.807, 2.05) is 39.0 Å². The summed E-state index contributed by atoms with van der Waals surface area (Å²) in [6, 6.07) is 9.01. The quantitative estimate of drug-likeness (QED) is 0.703. The minimum Gasteiger partial charge on any atom is -0.493 e. The van der Waals surface area contributed by atoms with Crippen LogP contribution < -0.4 is 19.5 Å². The second kappa shape index (κ2) is 8.93. The van der Waals surface area contributed by atoms with Crippen LogP contribution in [0.1, 0.15) is 29.8 Å². The Morgan fingerprint density at radius 1 is 1.00 bits per heavy atom. The van der Waals surface area contributed by atoms with Gasteiger partial charge in [-0.3, -0.25) is 10.1 Å². The summed E-state index contributed by atoms with van der Waals surface area (Å²) >= 11 is 0. The standard InChI is InChI=1S/C18H19N3O4.C2H6/c1-10-5-6-12-13(7-10)20-18(19-12)21-17(22)11-8-14(23-2)16(25-4)15(9-11)24-3;1-2/h5-9H,1-4H3,(H2,19,20,21,22);1-2H3.